The van der Waals surface area contributed by atoms with Crippen molar-refractivity contribution >= 4 is 28.3 Å². The van der Waals surface area contributed by atoms with Crippen molar-refractivity contribution in [2.75, 3.05) is 5.32 Å². The highest BCUT2D eigenvalue weighted by Gasteiger charge is 2.53. The van der Waals surface area contributed by atoms with Crippen molar-refractivity contribution < 1.29 is 14.7 Å². The zero-order valence-electron chi connectivity index (χ0n) is 12.7. The summed E-state index contributed by atoms with van der Waals surface area (Å²) in [4.78, 5) is 24.2. The number of fused-ring (bicyclic) bond motifs is 3. The zero-order chi connectivity index (χ0) is 16.0. The molecule has 23 heavy (non-hydrogen) atoms. The van der Waals surface area contributed by atoms with Gasteiger partial charge in [0, 0.05) is 5.69 Å². The molecule has 2 aliphatic carbocycles. The van der Waals surface area contributed by atoms with Crippen LogP contribution in [0, 0.1) is 23.7 Å². The molecule has 2 N–H and O–H groups in total. The smallest absolute Gasteiger partial charge is 0.307 e. The Labute approximate surface area is 134 Å². The standard InChI is InChI=1S/C19H19NO3/c21-18(16-13-5-6-14(9-13)17(16)19(22)23)20-15-8-7-11-3-1-2-4-12(11)10-15/h1-4,7-8,10,13-14,16-17H,5-6,9H2,(H,20,21)(H,22,23)/t13-,14-,16+,17-/m0/s1. The number of amides is 1. The Morgan fingerprint density at radius 1 is 0.957 bits per heavy atom. The van der Waals surface area contributed by atoms with E-state index in [2.05, 4.69) is 5.32 Å². The van der Waals surface area contributed by atoms with Crippen molar-refractivity contribution in [2.24, 2.45) is 23.7 Å². The van der Waals surface area contributed by atoms with Crippen LogP contribution in [0.4, 0.5) is 5.69 Å². The van der Waals surface area contributed by atoms with E-state index in [9.17, 15) is 14.7 Å². The average molecular weight is 309 g/mol. The van der Waals surface area contributed by atoms with Gasteiger partial charge in [-0.2, -0.15) is 0 Å². The maximum Gasteiger partial charge on any atom is 0.307 e. The Morgan fingerprint density at radius 2 is 1.65 bits per heavy atom. The summed E-state index contributed by atoms with van der Waals surface area (Å²) in [6.45, 7) is 0. The fourth-order valence-corrected chi connectivity index (χ4v) is 4.52. The van der Waals surface area contributed by atoms with Gasteiger partial charge in [0.25, 0.3) is 0 Å². The van der Waals surface area contributed by atoms with Crippen LogP contribution in [0.2, 0.25) is 0 Å². The van der Waals surface area contributed by atoms with Crippen LogP contribution in [0.25, 0.3) is 10.8 Å². The number of hydrogen-bond donors (Lipinski definition) is 2. The van der Waals surface area contributed by atoms with Gasteiger partial charge in [-0.05, 0) is 54.0 Å². The van der Waals surface area contributed by atoms with Gasteiger partial charge in [-0.25, -0.2) is 0 Å². The molecule has 2 aliphatic rings. The lowest BCUT2D eigenvalue weighted by molar-refractivity contribution is -0.148. The molecule has 0 heterocycles. The van der Waals surface area contributed by atoms with Crippen molar-refractivity contribution in [3.05, 3.63) is 42.5 Å². The van der Waals surface area contributed by atoms with Crippen molar-refractivity contribution in [3.63, 3.8) is 0 Å². The predicted octanol–water partition coefficient (Wildman–Crippen LogP) is 3.53. The van der Waals surface area contributed by atoms with Crippen molar-refractivity contribution in [1.82, 2.24) is 0 Å². The first-order valence-corrected chi connectivity index (χ1v) is 8.16. The molecule has 4 nitrogen and oxygen atoms in total. The minimum absolute atomic E-state index is 0.139. The van der Waals surface area contributed by atoms with Gasteiger partial charge in [0.05, 0.1) is 11.8 Å². The highest BCUT2D eigenvalue weighted by Crippen LogP contribution is 2.52. The molecule has 0 aliphatic heterocycles. The quantitative estimate of drug-likeness (QED) is 0.911. The van der Waals surface area contributed by atoms with Gasteiger partial charge in [-0.1, -0.05) is 30.3 Å². The number of anilines is 1. The zero-order valence-corrected chi connectivity index (χ0v) is 12.7. The number of nitrogens with one attached hydrogen (secondary N) is 1. The van der Waals surface area contributed by atoms with Crippen LogP contribution < -0.4 is 5.32 Å². The van der Waals surface area contributed by atoms with Gasteiger partial charge in [-0.15, -0.1) is 0 Å². The third kappa shape index (κ3) is 2.38. The Morgan fingerprint density at radius 3 is 2.39 bits per heavy atom. The highest BCUT2D eigenvalue weighted by molar-refractivity contribution is 5.98. The van der Waals surface area contributed by atoms with E-state index >= 15 is 0 Å². The van der Waals surface area contributed by atoms with E-state index in [-0.39, 0.29) is 17.7 Å². The van der Waals surface area contributed by atoms with Crippen LogP contribution in [0.15, 0.2) is 42.5 Å². The lowest BCUT2D eigenvalue weighted by atomic mass is 9.78. The number of hydrogen-bond acceptors (Lipinski definition) is 2. The number of benzene rings is 2. The van der Waals surface area contributed by atoms with Crippen molar-refractivity contribution in [3.8, 4) is 0 Å². The molecule has 0 spiro atoms. The first-order valence-electron chi connectivity index (χ1n) is 8.16. The van der Waals surface area contributed by atoms with E-state index in [1.807, 2.05) is 42.5 Å². The molecular formula is C19H19NO3. The molecule has 4 rings (SSSR count). The minimum atomic E-state index is -0.823. The minimum Gasteiger partial charge on any atom is -0.481 e. The lowest BCUT2D eigenvalue weighted by Crippen LogP contribution is -2.37. The first-order chi connectivity index (χ1) is 11.1. The van der Waals surface area contributed by atoms with Gasteiger partial charge in [0.2, 0.25) is 5.91 Å². The maximum atomic E-state index is 12.7. The van der Waals surface area contributed by atoms with Gasteiger partial charge < -0.3 is 10.4 Å². The number of aliphatic carboxylic acids is 1. The second-order valence-corrected chi connectivity index (χ2v) is 6.77. The largest absolute Gasteiger partial charge is 0.481 e. The summed E-state index contributed by atoms with van der Waals surface area (Å²) in [6, 6.07) is 13.8. The summed E-state index contributed by atoms with van der Waals surface area (Å²) >= 11 is 0. The van der Waals surface area contributed by atoms with Crippen LogP contribution in [0.3, 0.4) is 0 Å². The number of carboxylic acids is 1. The van der Waals surface area contributed by atoms with Crippen LogP contribution in [-0.4, -0.2) is 17.0 Å². The molecule has 2 fully saturated rings. The first kappa shape index (κ1) is 14.2. The van der Waals surface area contributed by atoms with Crippen molar-refractivity contribution in [1.29, 1.82) is 0 Å². The van der Waals surface area contributed by atoms with Crippen LogP contribution >= 0.6 is 0 Å². The molecule has 2 aromatic carbocycles. The molecular weight excluding hydrogens is 290 g/mol. The van der Waals surface area contributed by atoms with Gasteiger partial charge in [-0.3, -0.25) is 9.59 Å². The van der Waals surface area contributed by atoms with Gasteiger partial charge >= 0.3 is 5.97 Å². The lowest BCUT2D eigenvalue weighted by Gasteiger charge is -2.27. The fraction of sp³-hybridized carbons (Fsp3) is 0.368. The molecule has 4 atom stereocenters. The highest BCUT2D eigenvalue weighted by atomic mass is 16.4. The van der Waals surface area contributed by atoms with Gasteiger partial charge in [0.15, 0.2) is 0 Å². The monoisotopic (exact) mass is 309 g/mol. The summed E-state index contributed by atoms with van der Waals surface area (Å²) in [6.07, 6.45) is 2.80. The second-order valence-electron chi connectivity index (χ2n) is 6.77. The van der Waals surface area contributed by atoms with E-state index in [1.54, 1.807) is 0 Å². The fourth-order valence-electron chi connectivity index (χ4n) is 4.52. The van der Waals surface area contributed by atoms with Gasteiger partial charge in [0.1, 0.15) is 0 Å². The Kier molecular flexibility index (Phi) is 3.33. The number of carboxylic acid groups (broad SMARTS) is 1. The molecule has 1 amide bonds. The van der Waals surface area contributed by atoms with E-state index in [4.69, 9.17) is 0 Å². The normalized spacial score (nSPS) is 28.9. The summed E-state index contributed by atoms with van der Waals surface area (Å²) in [5.74, 6) is -1.48. The number of carbonyl (C=O) groups is 2. The average Bonchev–Trinajstić information content (AvgIpc) is 3.15. The summed E-state index contributed by atoms with van der Waals surface area (Å²) in [7, 11) is 0. The Hall–Kier alpha value is -2.36. The van der Waals surface area contributed by atoms with E-state index in [0.717, 1.165) is 35.7 Å². The topological polar surface area (TPSA) is 66.4 Å². The molecule has 4 heteroatoms. The molecule has 2 aromatic rings. The van der Waals surface area contributed by atoms with E-state index in [1.165, 1.54) is 0 Å². The molecule has 0 radical (unpaired) electrons. The molecule has 2 saturated carbocycles. The van der Waals surface area contributed by atoms with E-state index < -0.39 is 17.8 Å². The third-order valence-corrected chi connectivity index (χ3v) is 5.52. The summed E-state index contributed by atoms with van der Waals surface area (Å²) in [5.41, 5.74) is 0.737. The number of carbonyl (C=O) groups excluding carboxylic acids is 1. The number of rotatable bonds is 3. The SMILES string of the molecule is O=C(Nc1ccc2ccccc2c1)[C@@H]1[C@H]2CC[C@@H](C2)[C@@H]1C(=O)O. The molecule has 0 aromatic heterocycles. The van der Waals surface area contributed by atoms with Crippen LogP contribution in [0.5, 0.6) is 0 Å². The van der Waals surface area contributed by atoms with E-state index in [0.29, 0.717) is 0 Å². The van der Waals surface area contributed by atoms with Crippen molar-refractivity contribution in [2.45, 2.75) is 19.3 Å². The predicted molar refractivity (Wildman–Crippen MR) is 88.0 cm³/mol. The Balaban J connectivity index is 1.57. The molecule has 0 saturated heterocycles. The molecule has 118 valence electrons. The maximum absolute atomic E-state index is 12.7. The second kappa shape index (κ2) is 5.37. The Bertz CT molecular complexity index is 785. The summed E-state index contributed by atoms with van der Waals surface area (Å²) in [5, 5.41) is 14.6. The van der Waals surface area contributed by atoms with Crippen LogP contribution in [-0.2, 0) is 9.59 Å². The third-order valence-electron chi connectivity index (χ3n) is 5.52. The summed E-state index contributed by atoms with van der Waals surface area (Å²) < 4.78 is 0. The van der Waals surface area contributed by atoms with Crippen LogP contribution in [0.1, 0.15) is 19.3 Å². The molecule has 0 unspecified atom stereocenters. The molecule has 2 bridgehead atoms.